The number of benzene rings is 2. The van der Waals surface area contributed by atoms with Gasteiger partial charge in [0.1, 0.15) is 6.07 Å². The van der Waals surface area contributed by atoms with Crippen molar-refractivity contribution >= 4 is 11.6 Å². The van der Waals surface area contributed by atoms with Gasteiger partial charge in [0.05, 0.1) is 11.3 Å². The lowest BCUT2D eigenvalue weighted by Crippen LogP contribution is -2.27. The van der Waals surface area contributed by atoms with Gasteiger partial charge in [-0.25, -0.2) is 0 Å². The zero-order valence-corrected chi connectivity index (χ0v) is 11.8. The molecule has 2 aromatic carbocycles. The maximum absolute atomic E-state index is 12.5. The molecule has 0 fully saturated rings. The van der Waals surface area contributed by atoms with Gasteiger partial charge in [-0.2, -0.15) is 5.26 Å². The Morgan fingerprint density at radius 1 is 1.10 bits per heavy atom. The Balaban J connectivity index is 2.38. The summed E-state index contributed by atoms with van der Waals surface area (Å²) in [5.41, 5.74) is 3.98. The molecule has 20 heavy (non-hydrogen) atoms. The van der Waals surface area contributed by atoms with Crippen LogP contribution in [0, 0.1) is 25.2 Å². The maximum atomic E-state index is 12.5. The second-order valence-corrected chi connectivity index (χ2v) is 4.79. The topological polar surface area (TPSA) is 44.1 Å². The van der Waals surface area contributed by atoms with E-state index in [0.29, 0.717) is 16.8 Å². The van der Waals surface area contributed by atoms with E-state index in [2.05, 4.69) is 6.07 Å². The second kappa shape index (κ2) is 5.58. The summed E-state index contributed by atoms with van der Waals surface area (Å²) < 4.78 is 0. The molecule has 0 aliphatic carbocycles. The van der Waals surface area contributed by atoms with Crippen molar-refractivity contribution in [3.05, 3.63) is 64.7 Å². The van der Waals surface area contributed by atoms with Gasteiger partial charge in [-0.1, -0.05) is 18.2 Å². The van der Waals surface area contributed by atoms with E-state index < -0.39 is 0 Å². The summed E-state index contributed by atoms with van der Waals surface area (Å²) in [6.45, 7) is 3.99. The van der Waals surface area contributed by atoms with E-state index in [1.165, 1.54) is 4.90 Å². The Morgan fingerprint density at radius 3 is 2.45 bits per heavy atom. The van der Waals surface area contributed by atoms with Crippen molar-refractivity contribution < 1.29 is 4.79 Å². The van der Waals surface area contributed by atoms with Gasteiger partial charge in [0, 0.05) is 12.6 Å². The molecular weight excluding hydrogens is 248 g/mol. The monoisotopic (exact) mass is 264 g/mol. The Kier molecular flexibility index (Phi) is 3.86. The van der Waals surface area contributed by atoms with E-state index in [1.54, 1.807) is 25.2 Å². The van der Waals surface area contributed by atoms with Crippen molar-refractivity contribution in [2.24, 2.45) is 0 Å². The quantitative estimate of drug-likeness (QED) is 0.833. The maximum Gasteiger partial charge on any atom is 0.258 e. The predicted octanol–water partition coefficient (Wildman–Crippen LogP) is 3.45. The second-order valence-electron chi connectivity index (χ2n) is 4.79. The molecule has 0 bridgehead atoms. The van der Waals surface area contributed by atoms with Crippen LogP contribution in [-0.4, -0.2) is 13.0 Å². The number of para-hydroxylation sites is 1. The molecule has 0 aromatic heterocycles. The lowest BCUT2D eigenvalue weighted by Gasteiger charge is -2.19. The van der Waals surface area contributed by atoms with E-state index in [1.807, 2.05) is 38.1 Å². The molecule has 0 spiro atoms. The highest BCUT2D eigenvalue weighted by Crippen LogP contribution is 2.21. The van der Waals surface area contributed by atoms with Gasteiger partial charge in [0.2, 0.25) is 0 Å². The zero-order valence-electron chi connectivity index (χ0n) is 11.8. The van der Waals surface area contributed by atoms with Crippen molar-refractivity contribution in [1.29, 1.82) is 5.26 Å². The summed E-state index contributed by atoms with van der Waals surface area (Å²) in [4.78, 5) is 14.0. The first-order valence-electron chi connectivity index (χ1n) is 6.39. The Hall–Kier alpha value is -2.60. The molecule has 2 rings (SSSR count). The van der Waals surface area contributed by atoms with Crippen molar-refractivity contribution in [2.45, 2.75) is 13.8 Å². The van der Waals surface area contributed by atoms with Crippen LogP contribution in [0.4, 0.5) is 5.69 Å². The summed E-state index contributed by atoms with van der Waals surface area (Å²) in [7, 11) is 1.69. The van der Waals surface area contributed by atoms with Gasteiger partial charge in [-0.05, 0) is 49.2 Å². The first kappa shape index (κ1) is 13.8. The van der Waals surface area contributed by atoms with Crippen LogP contribution in [0.25, 0.3) is 0 Å². The van der Waals surface area contributed by atoms with Crippen molar-refractivity contribution in [2.75, 3.05) is 11.9 Å². The molecule has 0 aliphatic heterocycles. The van der Waals surface area contributed by atoms with Crippen molar-refractivity contribution in [3.8, 4) is 6.07 Å². The number of hydrogen-bond acceptors (Lipinski definition) is 2. The van der Waals surface area contributed by atoms with E-state index >= 15 is 0 Å². The van der Waals surface area contributed by atoms with Gasteiger partial charge in [-0.3, -0.25) is 4.79 Å². The summed E-state index contributed by atoms with van der Waals surface area (Å²) in [5.74, 6) is -0.115. The van der Waals surface area contributed by atoms with Crippen molar-refractivity contribution in [1.82, 2.24) is 0 Å². The highest BCUT2D eigenvalue weighted by molar-refractivity contribution is 6.06. The third-order valence-electron chi connectivity index (χ3n) is 3.44. The molecule has 1 amide bonds. The average molecular weight is 264 g/mol. The van der Waals surface area contributed by atoms with E-state index in [-0.39, 0.29) is 5.91 Å². The fraction of sp³-hybridized carbons (Fsp3) is 0.176. The van der Waals surface area contributed by atoms with Crippen LogP contribution in [0.1, 0.15) is 27.0 Å². The van der Waals surface area contributed by atoms with E-state index in [4.69, 9.17) is 5.26 Å². The first-order chi connectivity index (χ1) is 9.54. The molecule has 3 nitrogen and oxygen atoms in total. The molecule has 0 radical (unpaired) electrons. The summed E-state index contributed by atoms with van der Waals surface area (Å²) in [6.07, 6.45) is 0. The van der Waals surface area contributed by atoms with E-state index in [9.17, 15) is 4.79 Å². The number of nitrogens with zero attached hydrogens (tertiary/aromatic N) is 2. The molecule has 0 atom stereocenters. The number of carbonyl (C=O) groups is 1. The number of anilines is 1. The third kappa shape index (κ3) is 2.55. The molecule has 0 saturated carbocycles. The molecule has 3 heteroatoms. The number of amides is 1. The first-order valence-corrected chi connectivity index (χ1v) is 6.39. The minimum absolute atomic E-state index is 0.115. The normalized spacial score (nSPS) is 9.90. The van der Waals surface area contributed by atoms with Crippen molar-refractivity contribution in [3.63, 3.8) is 0 Å². The smallest absolute Gasteiger partial charge is 0.258 e. The SMILES string of the molecule is Cc1ccc(C(=O)N(C)c2ccccc2C#N)cc1C. The lowest BCUT2D eigenvalue weighted by molar-refractivity contribution is 0.0993. The number of carbonyl (C=O) groups excluding carboxylic acids is 1. The molecule has 0 aliphatic rings. The van der Waals surface area contributed by atoms with Crippen LogP contribution in [0.3, 0.4) is 0 Å². The molecule has 0 saturated heterocycles. The molecular formula is C17H16N2O. The van der Waals surface area contributed by atoms with Crippen LogP contribution in [0.15, 0.2) is 42.5 Å². The molecule has 0 N–H and O–H groups in total. The molecule has 100 valence electrons. The highest BCUT2D eigenvalue weighted by atomic mass is 16.2. The Morgan fingerprint density at radius 2 is 1.80 bits per heavy atom. The van der Waals surface area contributed by atoms with Crippen LogP contribution in [0.5, 0.6) is 0 Å². The largest absolute Gasteiger partial charge is 0.310 e. The molecule has 2 aromatic rings. The zero-order chi connectivity index (χ0) is 14.7. The van der Waals surface area contributed by atoms with Crippen LogP contribution < -0.4 is 4.90 Å². The summed E-state index contributed by atoms with van der Waals surface area (Å²) >= 11 is 0. The predicted molar refractivity (Wildman–Crippen MR) is 79.8 cm³/mol. The fourth-order valence-corrected chi connectivity index (χ4v) is 2.04. The fourth-order valence-electron chi connectivity index (χ4n) is 2.04. The molecule has 0 unspecified atom stereocenters. The van der Waals surface area contributed by atoms with Gasteiger partial charge in [-0.15, -0.1) is 0 Å². The summed E-state index contributed by atoms with van der Waals surface area (Å²) in [5, 5.41) is 9.11. The number of nitriles is 1. The van der Waals surface area contributed by atoms with Crippen LogP contribution >= 0.6 is 0 Å². The highest BCUT2D eigenvalue weighted by Gasteiger charge is 2.16. The Labute approximate surface area is 119 Å². The summed E-state index contributed by atoms with van der Waals surface area (Å²) in [6, 6.07) is 14.8. The third-order valence-corrected chi connectivity index (χ3v) is 3.44. The van der Waals surface area contributed by atoms with Crippen LogP contribution in [0.2, 0.25) is 0 Å². The van der Waals surface area contributed by atoms with Crippen LogP contribution in [-0.2, 0) is 0 Å². The van der Waals surface area contributed by atoms with Gasteiger partial charge in [0.25, 0.3) is 5.91 Å². The lowest BCUT2D eigenvalue weighted by atomic mass is 10.1. The van der Waals surface area contributed by atoms with Gasteiger partial charge in [0.15, 0.2) is 0 Å². The standard InChI is InChI=1S/C17H16N2O/c1-12-8-9-14(10-13(12)2)17(20)19(3)16-7-5-4-6-15(16)11-18/h4-10H,1-3H3. The minimum Gasteiger partial charge on any atom is -0.310 e. The number of hydrogen-bond donors (Lipinski definition) is 0. The number of rotatable bonds is 2. The van der Waals surface area contributed by atoms with Gasteiger partial charge < -0.3 is 4.90 Å². The molecule has 0 heterocycles. The van der Waals surface area contributed by atoms with Gasteiger partial charge >= 0.3 is 0 Å². The van der Waals surface area contributed by atoms with E-state index in [0.717, 1.165) is 11.1 Å². The minimum atomic E-state index is -0.115. The Bertz CT molecular complexity index is 698. The average Bonchev–Trinajstić information content (AvgIpc) is 2.48. The number of aryl methyl sites for hydroxylation is 2.